The van der Waals surface area contributed by atoms with Crippen molar-refractivity contribution in [3.8, 4) is 17.6 Å². The molecule has 0 spiro atoms. The first-order valence-electron chi connectivity index (χ1n) is 8.27. The molecule has 7 heteroatoms. The number of benzene rings is 1. The number of hydrogen-bond donors (Lipinski definition) is 2. The highest BCUT2D eigenvalue weighted by Gasteiger charge is 2.06. The fraction of sp³-hybridized carbons (Fsp3) is 0.200. The van der Waals surface area contributed by atoms with Crippen molar-refractivity contribution in [3.05, 3.63) is 53.2 Å². The fourth-order valence-corrected chi connectivity index (χ4v) is 3.07. The summed E-state index contributed by atoms with van der Waals surface area (Å²) in [4.78, 5) is 8.72. The highest BCUT2D eigenvalue weighted by atomic mass is 32.1. The van der Waals surface area contributed by atoms with E-state index in [4.69, 9.17) is 4.74 Å². The van der Waals surface area contributed by atoms with Gasteiger partial charge in [-0.15, -0.1) is 11.3 Å². The van der Waals surface area contributed by atoms with E-state index in [2.05, 4.69) is 27.1 Å². The van der Waals surface area contributed by atoms with Crippen LogP contribution in [0.3, 0.4) is 0 Å². The van der Waals surface area contributed by atoms with E-state index in [1.54, 1.807) is 18.3 Å². The van der Waals surface area contributed by atoms with Crippen LogP contribution in [0.1, 0.15) is 10.6 Å². The summed E-state index contributed by atoms with van der Waals surface area (Å²) < 4.78 is 18.6. The molecule has 5 nitrogen and oxygen atoms in total. The zero-order chi connectivity index (χ0) is 19.1. The van der Waals surface area contributed by atoms with Crippen LogP contribution in [0.5, 0.6) is 5.75 Å². The van der Waals surface area contributed by atoms with Gasteiger partial charge in [0.05, 0.1) is 10.2 Å². The number of thiazole rings is 1. The molecule has 0 fully saturated rings. The third-order valence-corrected chi connectivity index (χ3v) is 4.53. The summed E-state index contributed by atoms with van der Waals surface area (Å²) in [5.74, 6) is 7.36. The van der Waals surface area contributed by atoms with Crippen LogP contribution in [0.4, 0.5) is 10.2 Å². The van der Waals surface area contributed by atoms with Gasteiger partial charge in [0.15, 0.2) is 0 Å². The van der Waals surface area contributed by atoms with Gasteiger partial charge in [-0.1, -0.05) is 11.8 Å². The number of nitrogens with one attached hydrogen (secondary N) is 1. The molecule has 3 rings (SSSR count). The molecular formula is C20H18FN3O2S. The zero-order valence-electron chi connectivity index (χ0n) is 14.6. The molecule has 0 bridgehead atoms. The Kier molecular flexibility index (Phi) is 6.36. The molecule has 0 saturated carbocycles. The van der Waals surface area contributed by atoms with Gasteiger partial charge in [0, 0.05) is 18.8 Å². The molecular weight excluding hydrogens is 365 g/mol. The van der Waals surface area contributed by atoms with E-state index in [0.717, 1.165) is 26.6 Å². The topological polar surface area (TPSA) is 67.3 Å². The summed E-state index contributed by atoms with van der Waals surface area (Å²) in [6.45, 7) is -0.901. The predicted molar refractivity (Wildman–Crippen MR) is 107 cm³/mol. The lowest BCUT2D eigenvalue weighted by Crippen LogP contribution is -2.19. The number of aromatic nitrogens is 2. The van der Waals surface area contributed by atoms with Crippen LogP contribution in [-0.2, 0) is 0 Å². The van der Waals surface area contributed by atoms with E-state index in [0.29, 0.717) is 5.75 Å². The molecule has 0 saturated heterocycles. The van der Waals surface area contributed by atoms with Crippen molar-refractivity contribution in [1.29, 1.82) is 0 Å². The van der Waals surface area contributed by atoms with Crippen molar-refractivity contribution in [1.82, 2.24) is 9.97 Å². The number of alkyl halides is 1. The van der Waals surface area contributed by atoms with Crippen LogP contribution in [0.2, 0.25) is 0 Å². The second kappa shape index (κ2) is 9.12. The Morgan fingerprint density at radius 3 is 3.00 bits per heavy atom. The Hall–Kier alpha value is -2.95. The molecule has 0 aliphatic rings. The summed E-state index contributed by atoms with van der Waals surface area (Å²) in [5.41, 5.74) is 1.68. The summed E-state index contributed by atoms with van der Waals surface area (Å²) in [6, 6.07) is 9.19. The number of pyridine rings is 1. The first-order chi connectivity index (χ1) is 13.2. The van der Waals surface area contributed by atoms with Gasteiger partial charge in [0.2, 0.25) is 0 Å². The van der Waals surface area contributed by atoms with E-state index in [-0.39, 0.29) is 6.61 Å². The summed E-state index contributed by atoms with van der Waals surface area (Å²) in [7, 11) is 1.82. The summed E-state index contributed by atoms with van der Waals surface area (Å²) in [5, 5.41) is 13.0. The maximum Gasteiger partial charge on any atom is 0.125 e. The lowest BCUT2D eigenvalue weighted by molar-refractivity contribution is 0.0842. The number of hydrogen-bond acceptors (Lipinski definition) is 6. The molecule has 1 atom stereocenters. The molecule has 2 aromatic heterocycles. The van der Waals surface area contributed by atoms with Crippen molar-refractivity contribution >= 4 is 33.4 Å². The lowest BCUT2D eigenvalue weighted by atomic mass is 10.3. The highest BCUT2D eigenvalue weighted by molar-refractivity contribution is 7.19. The predicted octanol–water partition coefficient (Wildman–Crippen LogP) is 3.51. The minimum atomic E-state index is -1.11. The monoisotopic (exact) mass is 383 g/mol. The number of nitrogens with zero attached hydrogens (tertiary/aromatic N) is 2. The smallest absolute Gasteiger partial charge is 0.125 e. The quantitative estimate of drug-likeness (QED) is 0.638. The van der Waals surface area contributed by atoms with Crippen LogP contribution in [0, 0.1) is 11.8 Å². The molecule has 0 aliphatic carbocycles. The van der Waals surface area contributed by atoms with Crippen molar-refractivity contribution in [2.75, 3.05) is 25.6 Å². The second-order valence-corrected chi connectivity index (χ2v) is 6.65. The van der Waals surface area contributed by atoms with Gasteiger partial charge in [0.1, 0.15) is 36.0 Å². The summed E-state index contributed by atoms with van der Waals surface area (Å²) in [6.07, 6.45) is 4.20. The number of ether oxygens (including phenoxy) is 1. The van der Waals surface area contributed by atoms with Crippen molar-refractivity contribution < 1.29 is 14.2 Å². The van der Waals surface area contributed by atoms with Gasteiger partial charge in [-0.25, -0.2) is 14.4 Å². The third kappa shape index (κ3) is 5.26. The van der Waals surface area contributed by atoms with Crippen LogP contribution in [0.25, 0.3) is 16.3 Å². The number of aliphatic hydroxyl groups excluding tert-OH is 1. The minimum Gasteiger partial charge on any atom is -0.491 e. The summed E-state index contributed by atoms with van der Waals surface area (Å²) >= 11 is 1.50. The molecule has 0 amide bonds. The maximum atomic E-state index is 12.3. The Bertz CT molecular complexity index is 990. The highest BCUT2D eigenvalue weighted by Crippen LogP contribution is 2.27. The Morgan fingerprint density at radius 1 is 1.37 bits per heavy atom. The minimum absolute atomic E-state index is 0.0761. The first kappa shape index (κ1) is 18.8. The molecule has 3 aromatic rings. The van der Waals surface area contributed by atoms with Gasteiger partial charge in [0.25, 0.3) is 0 Å². The number of halogens is 1. The van der Waals surface area contributed by atoms with Crippen molar-refractivity contribution in [2.24, 2.45) is 0 Å². The zero-order valence-corrected chi connectivity index (χ0v) is 15.5. The van der Waals surface area contributed by atoms with E-state index in [1.807, 2.05) is 37.4 Å². The molecule has 0 radical (unpaired) electrons. The average Bonchev–Trinajstić information content (AvgIpc) is 3.11. The molecule has 2 N–H and O–H groups in total. The molecule has 27 heavy (non-hydrogen) atoms. The second-order valence-electron chi connectivity index (χ2n) is 5.59. The standard InChI is InChI=1S/C20H18FN3O2S/c1-22-19-9-6-14(12-23-19)4-2-3-5-20-24-17-8-7-16(10-18(17)27-20)26-13-15(25)11-21/h3,5-10,12,15,25H,11,13H2,1H3,(H,22,23)/b5-3+. The largest absolute Gasteiger partial charge is 0.491 e. The Morgan fingerprint density at radius 2 is 2.26 bits per heavy atom. The number of allylic oxidation sites excluding steroid dienone is 1. The molecule has 1 aromatic carbocycles. The first-order valence-corrected chi connectivity index (χ1v) is 9.09. The van der Waals surface area contributed by atoms with E-state index in [9.17, 15) is 9.50 Å². The third-order valence-electron chi connectivity index (χ3n) is 3.54. The van der Waals surface area contributed by atoms with Crippen molar-refractivity contribution in [3.63, 3.8) is 0 Å². The molecule has 2 heterocycles. The average molecular weight is 383 g/mol. The van der Waals surface area contributed by atoms with Crippen LogP contribution < -0.4 is 10.1 Å². The van der Waals surface area contributed by atoms with Gasteiger partial charge >= 0.3 is 0 Å². The van der Waals surface area contributed by atoms with Crippen LogP contribution >= 0.6 is 11.3 Å². The van der Waals surface area contributed by atoms with E-state index in [1.165, 1.54) is 11.3 Å². The number of fused-ring (bicyclic) bond motifs is 1. The molecule has 138 valence electrons. The SMILES string of the molecule is CNc1ccc(C#C/C=C/c2nc3ccc(OCC(O)CF)cc3s2)cn1. The Labute approximate surface area is 160 Å². The lowest BCUT2D eigenvalue weighted by Gasteiger charge is -2.08. The van der Waals surface area contributed by atoms with E-state index < -0.39 is 12.8 Å². The van der Waals surface area contributed by atoms with Gasteiger partial charge in [-0.2, -0.15) is 0 Å². The van der Waals surface area contributed by atoms with Crippen LogP contribution in [0.15, 0.2) is 42.6 Å². The number of aliphatic hydroxyl groups is 1. The molecule has 0 aliphatic heterocycles. The number of rotatable bonds is 6. The van der Waals surface area contributed by atoms with Gasteiger partial charge in [-0.05, 0) is 42.5 Å². The van der Waals surface area contributed by atoms with Crippen molar-refractivity contribution in [2.45, 2.75) is 6.10 Å². The molecule has 1 unspecified atom stereocenters. The number of anilines is 1. The maximum absolute atomic E-state index is 12.3. The Balaban J connectivity index is 1.66. The van der Waals surface area contributed by atoms with E-state index >= 15 is 0 Å². The normalized spacial score (nSPS) is 12.0. The van der Waals surface area contributed by atoms with Gasteiger partial charge < -0.3 is 15.2 Å². The van der Waals surface area contributed by atoms with Gasteiger partial charge in [-0.3, -0.25) is 0 Å². The van der Waals surface area contributed by atoms with Crippen LogP contribution in [-0.4, -0.2) is 41.5 Å². The fourth-order valence-electron chi connectivity index (χ4n) is 2.17.